The molecule has 0 bridgehead atoms. The van der Waals surface area contributed by atoms with Crippen LogP contribution >= 0.6 is 0 Å². The van der Waals surface area contributed by atoms with E-state index in [-0.39, 0.29) is 6.04 Å². The summed E-state index contributed by atoms with van der Waals surface area (Å²) in [4.78, 5) is 16.9. The van der Waals surface area contributed by atoms with E-state index in [2.05, 4.69) is 9.98 Å². The molecule has 0 spiro atoms. The Morgan fingerprint density at radius 3 is 3.07 bits per heavy atom. The van der Waals surface area contributed by atoms with Crippen molar-refractivity contribution in [2.45, 2.75) is 13.0 Å². The number of benzene rings is 1. The van der Waals surface area contributed by atoms with E-state index in [1.807, 2.05) is 37.4 Å². The maximum absolute atomic E-state index is 10.1. The number of isocyanates is 1. The Balaban J connectivity index is 2.48. The van der Waals surface area contributed by atoms with E-state index in [4.69, 9.17) is 0 Å². The summed E-state index contributed by atoms with van der Waals surface area (Å²) >= 11 is 0. The highest BCUT2D eigenvalue weighted by atomic mass is 16.1. The maximum Gasteiger partial charge on any atom is 0.235 e. The normalized spacial score (nSPS) is 12.4. The Bertz CT molecular complexity index is 495. The molecule has 2 rings (SSSR count). The molecule has 0 aliphatic rings. The number of fused-ring (bicyclic) bond motifs is 1. The van der Waals surface area contributed by atoms with Crippen LogP contribution in [0.4, 0.5) is 0 Å². The molecule has 0 amide bonds. The molecule has 1 unspecified atom stereocenters. The van der Waals surface area contributed by atoms with Crippen LogP contribution in [0.15, 0.2) is 35.5 Å². The Labute approximate surface area is 81.5 Å². The van der Waals surface area contributed by atoms with Gasteiger partial charge in [0.2, 0.25) is 6.08 Å². The topological polar surface area (TPSA) is 45.2 Å². The lowest BCUT2D eigenvalue weighted by Crippen LogP contribution is -1.88. The van der Waals surface area contributed by atoms with Crippen molar-refractivity contribution in [1.82, 2.24) is 4.98 Å². The number of rotatable bonds is 2. The number of hydrogen-bond donors (Lipinski definition) is 1. The minimum absolute atomic E-state index is 0.125. The van der Waals surface area contributed by atoms with Crippen molar-refractivity contribution in [2.75, 3.05) is 0 Å². The highest BCUT2D eigenvalue weighted by Gasteiger charge is 2.04. The van der Waals surface area contributed by atoms with E-state index in [1.54, 1.807) is 6.08 Å². The zero-order valence-electron chi connectivity index (χ0n) is 7.82. The first-order valence-corrected chi connectivity index (χ1v) is 4.45. The maximum atomic E-state index is 10.1. The molecule has 1 aromatic heterocycles. The number of aromatic nitrogens is 1. The van der Waals surface area contributed by atoms with E-state index >= 15 is 0 Å². The van der Waals surface area contributed by atoms with Gasteiger partial charge in [-0.1, -0.05) is 12.1 Å². The Morgan fingerprint density at radius 2 is 2.29 bits per heavy atom. The standard InChI is InChI=1S/C11H10N2O/c1-8(13-7-14)10-3-2-9-4-5-12-11(9)6-10/h2-6,8,12H,1H3. The summed E-state index contributed by atoms with van der Waals surface area (Å²) in [5.41, 5.74) is 2.08. The molecule has 0 saturated carbocycles. The van der Waals surface area contributed by atoms with Crippen LogP contribution in [0, 0.1) is 0 Å². The number of nitrogens with one attached hydrogen (secondary N) is 1. The van der Waals surface area contributed by atoms with Gasteiger partial charge in [-0.05, 0) is 30.0 Å². The fourth-order valence-corrected chi connectivity index (χ4v) is 1.48. The number of carbonyl (C=O) groups excluding carboxylic acids is 1. The van der Waals surface area contributed by atoms with E-state index in [1.165, 1.54) is 0 Å². The van der Waals surface area contributed by atoms with Gasteiger partial charge in [-0.3, -0.25) is 0 Å². The van der Waals surface area contributed by atoms with Gasteiger partial charge in [-0.2, -0.15) is 4.99 Å². The zero-order valence-corrected chi connectivity index (χ0v) is 7.82. The lowest BCUT2D eigenvalue weighted by Gasteiger charge is -2.03. The summed E-state index contributed by atoms with van der Waals surface area (Å²) in [6.45, 7) is 1.87. The minimum atomic E-state index is -0.125. The lowest BCUT2D eigenvalue weighted by atomic mass is 10.1. The molecule has 0 fully saturated rings. The first-order valence-electron chi connectivity index (χ1n) is 4.45. The van der Waals surface area contributed by atoms with Gasteiger partial charge in [0.25, 0.3) is 0 Å². The largest absolute Gasteiger partial charge is 0.361 e. The third-order valence-corrected chi connectivity index (χ3v) is 2.31. The van der Waals surface area contributed by atoms with Gasteiger partial charge in [-0.25, -0.2) is 4.79 Å². The zero-order chi connectivity index (χ0) is 9.97. The van der Waals surface area contributed by atoms with Crippen LogP contribution in [0.25, 0.3) is 10.9 Å². The molecule has 1 atom stereocenters. The molecule has 3 nitrogen and oxygen atoms in total. The van der Waals surface area contributed by atoms with E-state index in [9.17, 15) is 4.79 Å². The molecular formula is C11H10N2O. The van der Waals surface area contributed by atoms with E-state index < -0.39 is 0 Å². The third-order valence-electron chi connectivity index (χ3n) is 2.31. The number of nitrogens with zero attached hydrogens (tertiary/aromatic N) is 1. The minimum Gasteiger partial charge on any atom is -0.361 e. The van der Waals surface area contributed by atoms with Crippen LogP contribution in [0.2, 0.25) is 0 Å². The number of hydrogen-bond acceptors (Lipinski definition) is 2. The van der Waals surface area contributed by atoms with Crippen molar-refractivity contribution in [2.24, 2.45) is 4.99 Å². The number of H-pyrrole nitrogens is 1. The summed E-state index contributed by atoms with van der Waals surface area (Å²) in [6.07, 6.45) is 3.46. The van der Waals surface area contributed by atoms with Crippen LogP contribution in [0.5, 0.6) is 0 Å². The number of aromatic amines is 1. The second-order valence-electron chi connectivity index (χ2n) is 3.22. The molecule has 2 aromatic rings. The summed E-state index contributed by atoms with van der Waals surface area (Å²) in [7, 11) is 0. The Kier molecular flexibility index (Phi) is 2.17. The second kappa shape index (κ2) is 3.48. The molecule has 70 valence electrons. The van der Waals surface area contributed by atoms with Crippen molar-refractivity contribution in [3.05, 3.63) is 36.0 Å². The predicted octanol–water partition coefficient (Wildman–Crippen LogP) is 2.56. The fourth-order valence-electron chi connectivity index (χ4n) is 1.48. The van der Waals surface area contributed by atoms with E-state index in [0.29, 0.717) is 0 Å². The molecule has 14 heavy (non-hydrogen) atoms. The van der Waals surface area contributed by atoms with Crippen LogP contribution in [0.3, 0.4) is 0 Å². The molecule has 0 aliphatic carbocycles. The van der Waals surface area contributed by atoms with Gasteiger partial charge in [0.15, 0.2) is 0 Å². The van der Waals surface area contributed by atoms with Crippen molar-refractivity contribution < 1.29 is 4.79 Å². The molecule has 1 heterocycles. The van der Waals surface area contributed by atoms with Crippen LogP contribution in [-0.4, -0.2) is 11.1 Å². The monoisotopic (exact) mass is 186 g/mol. The van der Waals surface area contributed by atoms with Gasteiger partial charge < -0.3 is 4.98 Å². The van der Waals surface area contributed by atoms with Gasteiger partial charge in [0, 0.05) is 11.7 Å². The van der Waals surface area contributed by atoms with Gasteiger partial charge in [0.05, 0.1) is 6.04 Å². The molecule has 1 N–H and O–H groups in total. The smallest absolute Gasteiger partial charge is 0.235 e. The van der Waals surface area contributed by atoms with Crippen LogP contribution < -0.4 is 0 Å². The highest BCUT2D eigenvalue weighted by molar-refractivity contribution is 5.80. The first-order chi connectivity index (χ1) is 6.81. The summed E-state index contributed by atoms with van der Waals surface area (Å²) < 4.78 is 0. The van der Waals surface area contributed by atoms with Crippen molar-refractivity contribution >= 4 is 17.0 Å². The number of aliphatic imine (C=N–C) groups is 1. The molecule has 3 heteroatoms. The fraction of sp³-hybridized carbons (Fsp3) is 0.182. The Hall–Kier alpha value is -1.86. The van der Waals surface area contributed by atoms with Gasteiger partial charge >= 0.3 is 0 Å². The van der Waals surface area contributed by atoms with Crippen LogP contribution in [0.1, 0.15) is 18.5 Å². The van der Waals surface area contributed by atoms with Crippen molar-refractivity contribution in [1.29, 1.82) is 0 Å². The lowest BCUT2D eigenvalue weighted by molar-refractivity contribution is 0.559. The SMILES string of the molecule is CC(N=C=O)c1ccc2cc[nH]c2c1. The third kappa shape index (κ3) is 1.45. The van der Waals surface area contributed by atoms with Crippen molar-refractivity contribution in [3.63, 3.8) is 0 Å². The van der Waals surface area contributed by atoms with E-state index in [0.717, 1.165) is 16.5 Å². The Morgan fingerprint density at radius 1 is 1.43 bits per heavy atom. The second-order valence-corrected chi connectivity index (χ2v) is 3.22. The van der Waals surface area contributed by atoms with Crippen molar-refractivity contribution in [3.8, 4) is 0 Å². The average molecular weight is 186 g/mol. The molecule has 0 saturated heterocycles. The van der Waals surface area contributed by atoms with Crippen LogP contribution in [-0.2, 0) is 4.79 Å². The average Bonchev–Trinajstić information content (AvgIpc) is 2.64. The molecular weight excluding hydrogens is 176 g/mol. The quantitative estimate of drug-likeness (QED) is 0.568. The molecule has 0 aliphatic heterocycles. The molecule has 1 aromatic carbocycles. The molecule has 0 radical (unpaired) electrons. The van der Waals surface area contributed by atoms with Gasteiger partial charge in [-0.15, -0.1) is 0 Å². The first kappa shape index (κ1) is 8.73. The predicted molar refractivity (Wildman–Crippen MR) is 54.8 cm³/mol. The van der Waals surface area contributed by atoms with Gasteiger partial charge in [0.1, 0.15) is 0 Å². The summed E-state index contributed by atoms with van der Waals surface area (Å²) in [5, 5.41) is 1.16. The highest BCUT2D eigenvalue weighted by Crippen LogP contribution is 2.21. The summed E-state index contributed by atoms with van der Waals surface area (Å²) in [5.74, 6) is 0. The summed E-state index contributed by atoms with van der Waals surface area (Å²) in [6, 6.07) is 7.87.